The van der Waals surface area contributed by atoms with E-state index in [-0.39, 0.29) is 29.1 Å². The fourth-order valence-corrected chi connectivity index (χ4v) is 2.74. The van der Waals surface area contributed by atoms with E-state index in [1.165, 1.54) is 6.07 Å². The Morgan fingerprint density at radius 1 is 1.67 bits per heavy atom. The number of aromatic amines is 1. The molecule has 1 amide bonds. The van der Waals surface area contributed by atoms with Gasteiger partial charge in [0.15, 0.2) is 0 Å². The van der Waals surface area contributed by atoms with Crippen molar-refractivity contribution >= 4 is 29.1 Å². The smallest absolute Gasteiger partial charge is 0.268 e. The van der Waals surface area contributed by atoms with E-state index in [4.69, 9.17) is 23.2 Å². The van der Waals surface area contributed by atoms with Crippen LogP contribution in [-0.2, 0) is 0 Å². The summed E-state index contributed by atoms with van der Waals surface area (Å²) in [5.41, 5.74) is 0.104. The first-order valence-electron chi connectivity index (χ1n) is 5.92. The number of carbonyl (C=O) groups is 1. The van der Waals surface area contributed by atoms with E-state index >= 15 is 0 Å². The summed E-state index contributed by atoms with van der Waals surface area (Å²) in [6.07, 6.45) is 2.81. The average molecular weight is 291 g/mol. The third-order valence-corrected chi connectivity index (χ3v) is 4.41. The van der Waals surface area contributed by atoms with E-state index in [0.29, 0.717) is 10.7 Å². The summed E-state index contributed by atoms with van der Waals surface area (Å²) >= 11 is 11.6. The summed E-state index contributed by atoms with van der Waals surface area (Å²) in [4.78, 5) is 14.8. The first kappa shape index (κ1) is 13.7. The molecule has 1 heterocycles. The molecule has 0 spiro atoms. The molecule has 0 radical (unpaired) electrons. The number of halogens is 2. The zero-order valence-electron chi connectivity index (χ0n) is 10.1. The Balaban J connectivity index is 2.08. The largest absolute Gasteiger partial charge is 0.396 e. The molecule has 0 aliphatic heterocycles. The third-order valence-electron chi connectivity index (χ3n) is 3.72. The number of carbonyl (C=O) groups excluding carboxylic acids is 1. The number of H-pyrrole nitrogens is 1. The van der Waals surface area contributed by atoms with Crippen molar-refractivity contribution in [3.63, 3.8) is 0 Å². The second-order valence-electron chi connectivity index (χ2n) is 5.08. The molecule has 2 atom stereocenters. The van der Waals surface area contributed by atoms with Gasteiger partial charge in [0.25, 0.3) is 5.91 Å². The Morgan fingerprint density at radius 2 is 2.39 bits per heavy atom. The maximum atomic E-state index is 12.0. The van der Waals surface area contributed by atoms with Gasteiger partial charge in [0, 0.05) is 11.5 Å². The molecule has 1 aromatic heterocycles. The number of hydrogen-bond acceptors (Lipinski definition) is 2. The molecule has 2 unspecified atom stereocenters. The SMILES string of the molecule is CC1(CO)CCCC1NC(=O)c1cc(Cl)c(Cl)[nH]1. The number of aliphatic hydroxyl groups is 1. The normalized spacial score (nSPS) is 27.4. The van der Waals surface area contributed by atoms with Gasteiger partial charge in [-0.25, -0.2) is 0 Å². The van der Waals surface area contributed by atoms with E-state index in [9.17, 15) is 9.90 Å². The van der Waals surface area contributed by atoms with E-state index in [1.807, 2.05) is 6.92 Å². The Labute approximate surface area is 116 Å². The predicted octanol–water partition coefficient (Wildman–Crippen LogP) is 2.60. The lowest BCUT2D eigenvalue weighted by Crippen LogP contribution is -2.44. The van der Waals surface area contributed by atoms with Crippen molar-refractivity contribution in [3.8, 4) is 0 Å². The van der Waals surface area contributed by atoms with E-state index in [0.717, 1.165) is 19.3 Å². The van der Waals surface area contributed by atoms with Crippen LogP contribution in [-0.4, -0.2) is 28.6 Å². The molecule has 4 nitrogen and oxygen atoms in total. The van der Waals surface area contributed by atoms with Crippen molar-refractivity contribution < 1.29 is 9.90 Å². The Hall–Kier alpha value is -0.710. The number of aromatic nitrogens is 1. The van der Waals surface area contributed by atoms with Gasteiger partial charge in [-0.3, -0.25) is 4.79 Å². The monoisotopic (exact) mass is 290 g/mol. The maximum Gasteiger partial charge on any atom is 0.268 e. The molecule has 2 rings (SSSR count). The summed E-state index contributed by atoms with van der Waals surface area (Å²) < 4.78 is 0. The third kappa shape index (κ3) is 2.51. The molecule has 100 valence electrons. The van der Waals surface area contributed by atoms with Crippen LogP contribution < -0.4 is 5.32 Å². The summed E-state index contributed by atoms with van der Waals surface area (Å²) in [7, 11) is 0. The molecule has 0 aromatic carbocycles. The van der Waals surface area contributed by atoms with Gasteiger partial charge in [0.1, 0.15) is 10.8 Å². The van der Waals surface area contributed by atoms with Crippen molar-refractivity contribution in [1.29, 1.82) is 0 Å². The number of aliphatic hydroxyl groups excluding tert-OH is 1. The molecule has 0 bridgehead atoms. The maximum absolute atomic E-state index is 12.0. The minimum Gasteiger partial charge on any atom is -0.396 e. The highest BCUT2D eigenvalue weighted by Crippen LogP contribution is 2.37. The van der Waals surface area contributed by atoms with Gasteiger partial charge in [0.2, 0.25) is 0 Å². The summed E-state index contributed by atoms with van der Waals surface area (Å²) in [6, 6.07) is 1.49. The second-order valence-corrected chi connectivity index (χ2v) is 5.86. The van der Waals surface area contributed by atoms with Gasteiger partial charge in [-0.05, 0) is 18.9 Å². The van der Waals surface area contributed by atoms with Crippen LogP contribution in [0.15, 0.2) is 6.07 Å². The summed E-state index contributed by atoms with van der Waals surface area (Å²) in [5.74, 6) is -0.240. The highest BCUT2D eigenvalue weighted by molar-refractivity contribution is 6.41. The first-order chi connectivity index (χ1) is 8.46. The molecule has 0 saturated heterocycles. The Morgan fingerprint density at radius 3 is 2.94 bits per heavy atom. The molecule has 18 heavy (non-hydrogen) atoms. The predicted molar refractivity (Wildman–Crippen MR) is 71.1 cm³/mol. The molecule has 3 N–H and O–H groups in total. The van der Waals surface area contributed by atoms with Crippen molar-refractivity contribution in [1.82, 2.24) is 10.3 Å². The van der Waals surface area contributed by atoms with Gasteiger partial charge in [-0.2, -0.15) is 0 Å². The van der Waals surface area contributed by atoms with Crippen molar-refractivity contribution in [2.24, 2.45) is 5.41 Å². The van der Waals surface area contributed by atoms with Crippen LogP contribution in [0.3, 0.4) is 0 Å². The molecule has 1 aliphatic rings. The van der Waals surface area contributed by atoms with Crippen LogP contribution in [0.5, 0.6) is 0 Å². The van der Waals surface area contributed by atoms with E-state index in [2.05, 4.69) is 10.3 Å². The van der Waals surface area contributed by atoms with Crippen LogP contribution in [0, 0.1) is 5.41 Å². The van der Waals surface area contributed by atoms with Gasteiger partial charge in [0.05, 0.1) is 11.6 Å². The lowest BCUT2D eigenvalue weighted by Gasteiger charge is -2.29. The molecule has 1 fully saturated rings. The number of nitrogens with one attached hydrogen (secondary N) is 2. The Kier molecular flexibility index (Phi) is 3.90. The standard InChI is InChI=1S/C12H16Cl2N2O2/c1-12(6-17)4-2-3-9(12)16-11(18)8-5-7(13)10(14)15-8/h5,9,15,17H,2-4,6H2,1H3,(H,16,18). The van der Waals surface area contributed by atoms with Crippen LogP contribution in [0.1, 0.15) is 36.7 Å². The minimum absolute atomic E-state index is 0.0177. The fraction of sp³-hybridized carbons (Fsp3) is 0.583. The van der Waals surface area contributed by atoms with Crippen LogP contribution in [0.2, 0.25) is 10.2 Å². The molecule has 1 saturated carbocycles. The van der Waals surface area contributed by atoms with Crippen LogP contribution >= 0.6 is 23.2 Å². The molecule has 6 heteroatoms. The van der Waals surface area contributed by atoms with Gasteiger partial charge in [-0.15, -0.1) is 0 Å². The zero-order chi connectivity index (χ0) is 13.3. The Bertz CT molecular complexity index is 441. The second kappa shape index (κ2) is 5.11. The summed E-state index contributed by atoms with van der Waals surface area (Å²) in [6.45, 7) is 2.06. The van der Waals surface area contributed by atoms with Crippen LogP contribution in [0.25, 0.3) is 0 Å². The lowest BCUT2D eigenvalue weighted by atomic mass is 9.86. The number of amides is 1. The minimum atomic E-state index is -0.240. The van der Waals surface area contributed by atoms with E-state index < -0.39 is 0 Å². The highest BCUT2D eigenvalue weighted by Gasteiger charge is 2.39. The fourth-order valence-electron chi connectivity index (χ4n) is 2.43. The number of hydrogen-bond donors (Lipinski definition) is 3. The zero-order valence-corrected chi connectivity index (χ0v) is 11.6. The quantitative estimate of drug-likeness (QED) is 0.801. The van der Waals surface area contributed by atoms with E-state index in [1.54, 1.807) is 0 Å². The van der Waals surface area contributed by atoms with Crippen molar-refractivity contribution in [2.75, 3.05) is 6.61 Å². The first-order valence-corrected chi connectivity index (χ1v) is 6.67. The van der Waals surface area contributed by atoms with Crippen LogP contribution in [0.4, 0.5) is 0 Å². The van der Waals surface area contributed by atoms with Crippen molar-refractivity contribution in [3.05, 3.63) is 21.9 Å². The van der Waals surface area contributed by atoms with Crippen molar-refractivity contribution in [2.45, 2.75) is 32.2 Å². The lowest BCUT2D eigenvalue weighted by molar-refractivity contribution is 0.0826. The van der Waals surface area contributed by atoms with Gasteiger partial charge >= 0.3 is 0 Å². The topological polar surface area (TPSA) is 65.1 Å². The molecular weight excluding hydrogens is 275 g/mol. The molecular formula is C12H16Cl2N2O2. The van der Waals surface area contributed by atoms with Gasteiger partial charge in [-0.1, -0.05) is 36.5 Å². The number of rotatable bonds is 3. The summed E-state index contributed by atoms with van der Waals surface area (Å²) in [5, 5.41) is 12.9. The molecule has 1 aliphatic carbocycles. The molecule has 1 aromatic rings. The average Bonchev–Trinajstić information content (AvgIpc) is 2.85. The highest BCUT2D eigenvalue weighted by atomic mass is 35.5. The van der Waals surface area contributed by atoms with Gasteiger partial charge < -0.3 is 15.4 Å².